The summed E-state index contributed by atoms with van der Waals surface area (Å²) in [4.78, 5) is 0. The molecule has 0 amide bonds. The van der Waals surface area contributed by atoms with E-state index in [1.165, 1.54) is 5.56 Å². The lowest BCUT2D eigenvalue weighted by molar-refractivity contribution is 0.198. The van der Waals surface area contributed by atoms with Crippen LogP contribution < -0.4 is 4.72 Å². The molecule has 1 aliphatic rings. The number of rotatable bonds is 6. The van der Waals surface area contributed by atoms with Crippen molar-refractivity contribution in [2.24, 2.45) is 0 Å². The van der Waals surface area contributed by atoms with Gasteiger partial charge in [0.2, 0.25) is 10.0 Å². The average molecular weight is 348 g/mol. The lowest BCUT2D eigenvalue weighted by Gasteiger charge is -2.11. The minimum Gasteiger partial charge on any atom is -0.380 e. The van der Waals surface area contributed by atoms with Gasteiger partial charge in [0.1, 0.15) is 5.25 Å². The van der Waals surface area contributed by atoms with Crippen LogP contribution in [0.1, 0.15) is 18.4 Å². The molecule has 4 nitrogen and oxygen atoms in total. The second-order valence-corrected chi connectivity index (χ2v) is 7.62. The quantitative estimate of drug-likeness (QED) is 0.801. The van der Waals surface area contributed by atoms with Gasteiger partial charge in [-0.1, -0.05) is 28.1 Å². The number of hydrogen-bond donors (Lipinski definition) is 1. The van der Waals surface area contributed by atoms with E-state index in [4.69, 9.17) is 4.74 Å². The standard InChI is InChI=1S/C13H18BrNO3S/c14-12-5-1-3-11(9-12)4-2-7-15-19(16,17)13-6-8-18-10-13/h1,3,5,9,13,15H,2,4,6-8,10H2/t13-/m1/s1. The Hall–Kier alpha value is -0.430. The number of hydrogen-bond acceptors (Lipinski definition) is 3. The SMILES string of the molecule is O=S(=O)(NCCCc1cccc(Br)c1)[C@@H]1CCOC1. The van der Waals surface area contributed by atoms with Gasteiger partial charge in [0.15, 0.2) is 0 Å². The van der Waals surface area contributed by atoms with Gasteiger partial charge in [-0.25, -0.2) is 13.1 Å². The van der Waals surface area contributed by atoms with Crippen LogP contribution in [-0.4, -0.2) is 33.4 Å². The van der Waals surface area contributed by atoms with Crippen molar-refractivity contribution in [3.05, 3.63) is 34.3 Å². The molecule has 106 valence electrons. The first-order chi connectivity index (χ1) is 9.08. The molecular formula is C13H18BrNO3S. The van der Waals surface area contributed by atoms with Crippen LogP contribution >= 0.6 is 15.9 Å². The van der Waals surface area contributed by atoms with Crippen LogP contribution in [0.15, 0.2) is 28.7 Å². The topological polar surface area (TPSA) is 55.4 Å². The molecule has 2 rings (SSSR count). The summed E-state index contributed by atoms with van der Waals surface area (Å²) in [7, 11) is -3.21. The molecule has 0 spiro atoms. The summed E-state index contributed by atoms with van der Waals surface area (Å²) in [5.74, 6) is 0. The molecule has 1 aromatic rings. The highest BCUT2D eigenvalue weighted by molar-refractivity contribution is 9.10. The Kier molecular flexibility index (Phi) is 5.38. The molecule has 1 heterocycles. The van der Waals surface area contributed by atoms with E-state index in [0.717, 1.165) is 17.3 Å². The van der Waals surface area contributed by atoms with E-state index >= 15 is 0 Å². The van der Waals surface area contributed by atoms with Gasteiger partial charge in [0.05, 0.1) is 6.61 Å². The van der Waals surface area contributed by atoms with Crippen LogP contribution in [0.2, 0.25) is 0 Å². The van der Waals surface area contributed by atoms with Crippen LogP contribution in [-0.2, 0) is 21.2 Å². The zero-order valence-corrected chi connectivity index (χ0v) is 13.0. The fourth-order valence-electron chi connectivity index (χ4n) is 2.07. The summed E-state index contributed by atoms with van der Waals surface area (Å²) in [5, 5.41) is -0.377. The number of benzene rings is 1. The first kappa shape index (κ1) is 15.0. The zero-order valence-electron chi connectivity index (χ0n) is 10.6. The highest BCUT2D eigenvalue weighted by Crippen LogP contribution is 2.14. The van der Waals surface area contributed by atoms with Crippen molar-refractivity contribution >= 4 is 26.0 Å². The summed E-state index contributed by atoms with van der Waals surface area (Å²) in [6.07, 6.45) is 2.26. The van der Waals surface area contributed by atoms with E-state index < -0.39 is 10.0 Å². The van der Waals surface area contributed by atoms with E-state index in [9.17, 15) is 8.42 Å². The van der Waals surface area contributed by atoms with E-state index in [1.807, 2.05) is 18.2 Å². The Morgan fingerprint density at radius 2 is 2.26 bits per heavy atom. The van der Waals surface area contributed by atoms with Gasteiger partial charge in [-0.3, -0.25) is 0 Å². The van der Waals surface area contributed by atoms with Crippen molar-refractivity contribution in [1.29, 1.82) is 0 Å². The second-order valence-electron chi connectivity index (χ2n) is 4.66. The molecule has 0 aromatic heterocycles. The molecule has 1 saturated heterocycles. The van der Waals surface area contributed by atoms with Gasteiger partial charge in [-0.2, -0.15) is 0 Å². The average Bonchev–Trinajstić information content (AvgIpc) is 2.89. The largest absolute Gasteiger partial charge is 0.380 e. The van der Waals surface area contributed by atoms with E-state index in [2.05, 4.69) is 26.7 Å². The summed E-state index contributed by atoms with van der Waals surface area (Å²) in [6.45, 7) is 1.34. The van der Waals surface area contributed by atoms with Crippen LogP contribution in [0, 0.1) is 0 Å². The molecular weight excluding hydrogens is 330 g/mol. The van der Waals surface area contributed by atoms with Gasteiger partial charge in [0, 0.05) is 17.6 Å². The lowest BCUT2D eigenvalue weighted by atomic mass is 10.1. The van der Waals surface area contributed by atoms with Crippen LogP contribution in [0.5, 0.6) is 0 Å². The normalized spacial score (nSPS) is 19.7. The monoisotopic (exact) mass is 347 g/mol. The Bertz CT molecular complexity index is 512. The maximum Gasteiger partial charge on any atom is 0.216 e. The zero-order chi connectivity index (χ0) is 13.7. The predicted octanol–water partition coefficient (Wildman–Crippen LogP) is 2.09. The molecule has 19 heavy (non-hydrogen) atoms. The molecule has 1 aromatic carbocycles. The fourth-order valence-corrected chi connectivity index (χ4v) is 3.87. The number of sulfonamides is 1. The first-order valence-corrected chi connectivity index (χ1v) is 8.72. The maximum absolute atomic E-state index is 11.9. The number of nitrogens with one attached hydrogen (secondary N) is 1. The lowest BCUT2D eigenvalue weighted by Crippen LogP contribution is -2.35. The van der Waals surface area contributed by atoms with Crippen LogP contribution in [0.25, 0.3) is 0 Å². The van der Waals surface area contributed by atoms with Crippen LogP contribution in [0.3, 0.4) is 0 Å². The Morgan fingerprint density at radius 1 is 1.42 bits per heavy atom. The summed E-state index contributed by atoms with van der Waals surface area (Å²) < 4.78 is 32.6. The van der Waals surface area contributed by atoms with Gasteiger partial charge < -0.3 is 4.74 Å². The third kappa shape index (κ3) is 4.56. The molecule has 1 N–H and O–H groups in total. The van der Waals surface area contributed by atoms with Crippen molar-refractivity contribution in [3.63, 3.8) is 0 Å². The summed E-state index contributed by atoms with van der Waals surface area (Å²) in [5.41, 5.74) is 1.21. The molecule has 0 bridgehead atoms. The second kappa shape index (κ2) is 6.83. The Morgan fingerprint density at radius 3 is 2.95 bits per heavy atom. The smallest absolute Gasteiger partial charge is 0.216 e. The molecule has 0 aliphatic carbocycles. The van der Waals surface area contributed by atoms with Crippen molar-refractivity contribution in [1.82, 2.24) is 4.72 Å². The molecule has 0 unspecified atom stereocenters. The minimum absolute atomic E-state index is 0.320. The van der Waals surface area contributed by atoms with Gasteiger partial charge in [-0.05, 0) is 37.0 Å². The van der Waals surface area contributed by atoms with E-state index in [-0.39, 0.29) is 5.25 Å². The van der Waals surface area contributed by atoms with E-state index in [1.54, 1.807) is 0 Å². The first-order valence-electron chi connectivity index (χ1n) is 6.38. The van der Waals surface area contributed by atoms with Crippen molar-refractivity contribution in [2.45, 2.75) is 24.5 Å². The highest BCUT2D eigenvalue weighted by Gasteiger charge is 2.28. The predicted molar refractivity (Wildman–Crippen MR) is 78.6 cm³/mol. The highest BCUT2D eigenvalue weighted by atomic mass is 79.9. The van der Waals surface area contributed by atoms with Gasteiger partial charge >= 0.3 is 0 Å². The third-order valence-corrected chi connectivity index (χ3v) is 5.51. The number of halogens is 1. The number of aryl methyl sites for hydroxylation is 1. The summed E-state index contributed by atoms with van der Waals surface area (Å²) >= 11 is 3.42. The van der Waals surface area contributed by atoms with E-state index in [0.29, 0.717) is 26.2 Å². The Balaban J connectivity index is 1.74. The van der Waals surface area contributed by atoms with Gasteiger partial charge in [-0.15, -0.1) is 0 Å². The third-order valence-electron chi connectivity index (χ3n) is 3.16. The fraction of sp³-hybridized carbons (Fsp3) is 0.538. The molecule has 0 saturated carbocycles. The Labute approximate surface area is 122 Å². The van der Waals surface area contributed by atoms with Crippen LogP contribution in [0.4, 0.5) is 0 Å². The molecule has 1 atom stereocenters. The molecule has 0 radical (unpaired) electrons. The molecule has 6 heteroatoms. The van der Waals surface area contributed by atoms with Gasteiger partial charge in [0.25, 0.3) is 0 Å². The van der Waals surface area contributed by atoms with Crippen molar-refractivity contribution in [2.75, 3.05) is 19.8 Å². The number of ether oxygens (including phenoxy) is 1. The minimum atomic E-state index is -3.21. The molecule has 1 aliphatic heterocycles. The maximum atomic E-state index is 11.9. The summed E-state index contributed by atoms with van der Waals surface area (Å²) in [6, 6.07) is 8.06. The van der Waals surface area contributed by atoms with Crippen molar-refractivity contribution < 1.29 is 13.2 Å². The van der Waals surface area contributed by atoms with Crippen molar-refractivity contribution in [3.8, 4) is 0 Å². The molecule has 1 fully saturated rings.